The Morgan fingerprint density at radius 2 is 1.67 bits per heavy atom. The van der Waals surface area contributed by atoms with Gasteiger partial charge in [0.2, 0.25) is 0 Å². The molecule has 2 unspecified atom stereocenters. The van der Waals surface area contributed by atoms with E-state index in [0.29, 0.717) is 6.42 Å². The van der Waals surface area contributed by atoms with Crippen molar-refractivity contribution >= 4 is 11.6 Å². The van der Waals surface area contributed by atoms with E-state index in [9.17, 15) is 9.59 Å². The minimum absolute atomic E-state index is 0.233. The largest absolute Gasteiger partial charge is 0.299 e. The van der Waals surface area contributed by atoms with E-state index < -0.39 is 0 Å². The highest BCUT2D eigenvalue weighted by Crippen LogP contribution is 2.41. The molecule has 2 fully saturated rings. The lowest BCUT2D eigenvalue weighted by Gasteiger charge is -2.23. The first-order chi connectivity index (χ1) is 5.74. The molecule has 2 aliphatic rings. The van der Waals surface area contributed by atoms with Gasteiger partial charge in [0.1, 0.15) is 11.6 Å². The lowest BCUT2D eigenvalue weighted by molar-refractivity contribution is -0.139. The molecular weight excluding hydrogens is 152 g/mol. The summed E-state index contributed by atoms with van der Waals surface area (Å²) in [7, 11) is 0. The number of hydrogen-bond donors (Lipinski definition) is 0. The van der Waals surface area contributed by atoms with Gasteiger partial charge in [-0.1, -0.05) is 6.92 Å². The summed E-state index contributed by atoms with van der Waals surface area (Å²) >= 11 is 0. The van der Waals surface area contributed by atoms with Gasteiger partial charge < -0.3 is 0 Å². The van der Waals surface area contributed by atoms with Gasteiger partial charge >= 0.3 is 0 Å². The van der Waals surface area contributed by atoms with E-state index in [4.69, 9.17) is 0 Å². The second-order valence-electron chi connectivity index (χ2n) is 3.97. The van der Waals surface area contributed by atoms with Crippen molar-refractivity contribution in [2.24, 2.45) is 17.8 Å². The molecule has 12 heavy (non-hydrogen) atoms. The standard InChI is InChI=1S/C10H14O2/c1-2-8-9(11)6-3-4-7(5-6)10(8)12/h6-8H,2-5H2,1H3. The van der Waals surface area contributed by atoms with Crippen molar-refractivity contribution in [2.75, 3.05) is 0 Å². The highest BCUT2D eigenvalue weighted by molar-refractivity contribution is 6.07. The van der Waals surface area contributed by atoms with E-state index in [0.717, 1.165) is 19.3 Å². The van der Waals surface area contributed by atoms with Gasteiger partial charge in [0.15, 0.2) is 0 Å². The monoisotopic (exact) mass is 166 g/mol. The fourth-order valence-electron chi connectivity index (χ4n) is 2.61. The number of ketones is 2. The molecule has 2 nitrogen and oxygen atoms in total. The van der Waals surface area contributed by atoms with E-state index in [-0.39, 0.29) is 29.3 Å². The normalized spacial score (nSPS) is 40.6. The zero-order chi connectivity index (χ0) is 8.72. The minimum atomic E-state index is -0.240. The second-order valence-corrected chi connectivity index (χ2v) is 3.97. The molecular formula is C10H14O2. The van der Waals surface area contributed by atoms with Crippen molar-refractivity contribution in [2.45, 2.75) is 32.6 Å². The maximum atomic E-state index is 11.6. The number of fused-ring (bicyclic) bond motifs is 2. The maximum Gasteiger partial charge on any atom is 0.146 e. The van der Waals surface area contributed by atoms with E-state index in [1.54, 1.807) is 0 Å². The summed E-state index contributed by atoms with van der Waals surface area (Å²) in [6.45, 7) is 1.94. The van der Waals surface area contributed by atoms with Crippen molar-refractivity contribution in [3.05, 3.63) is 0 Å². The minimum Gasteiger partial charge on any atom is -0.299 e. The SMILES string of the molecule is CCC1C(=O)C2CCC(C2)C1=O. The van der Waals surface area contributed by atoms with Crippen LogP contribution in [0.15, 0.2) is 0 Å². The molecule has 2 rings (SSSR count). The molecule has 0 spiro atoms. The van der Waals surface area contributed by atoms with Gasteiger partial charge in [-0.2, -0.15) is 0 Å². The van der Waals surface area contributed by atoms with Crippen molar-refractivity contribution in [1.29, 1.82) is 0 Å². The molecule has 2 atom stereocenters. The average molecular weight is 166 g/mol. The molecule has 0 aromatic heterocycles. The first-order valence-electron chi connectivity index (χ1n) is 4.81. The molecule has 2 bridgehead atoms. The van der Waals surface area contributed by atoms with Crippen LogP contribution in [0.3, 0.4) is 0 Å². The van der Waals surface area contributed by atoms with Crippen LogP contribution in [0.25, 0.3) is 0 Å². The molecule has 2 heteroatoms. The first kappa shape index (κ1) is 7.96. The third-order valence-corrected chi connectivity index (χ3v) is 3.33. The van der Waals surface area contributed by atoms with Crippen LogP contribution < -0.4 is 0 Å². The molecule has 0 saturated heterocycles. The highest BCUT2D eigenvalue weighted by Gasteiger charge is 2.45. The highest BCUT2D eigenvalue weighted by atomic mass is 16.2. The second kappa shape index (κ2) is 2.68. The molecule has 66 valence electrons. The van der Waals surface area contributed by atoms with Crippen LogP contribution in [-0.4, -0.2) is 11.6 Å². The number of hydrogen-bond acceptors (Lipinski definition) is 2. The molecule has 0 N–H and O–H groups in total. The lowest BCUT2D eigenvalue weighted by atomic mass is 9.77. The summed E-state index contributed by atoms with van der Waals surface area (Å²) in [5.74, 6) is 0.694. The van der Waals surface area contributed by atoms with Gasteiger partial charge in [-0.05, 0) is 25.7 Å². The van der Waals surface area contributed by atoms with Gasteiger partial charge in [-0.25, -0.2) is 0 Å². The molecule has 2 saturated carbocycles. The van der Waals surface area contributed by atoms with Crippen LogP contribution in [0.1, 0.15) is 32.6 Å². The lowest BCUT2D eigenvalue weighted by Crippen LogP contribution is -2.35. The Kier molecular flexibility index (Phi) is 1.78. The Morgan fingerprint density at radius 3 is 2.08 bits per heavy atom. The number of rotatable bonds is 1. The maximum absolute atomic E-state index is 11.6. The predicted octanol–water partition coefficient (Wildman–Crippen LogP) is 1.58. The quantitative estimate of drug-likeness (QED) is 0.554. The third kappa shape index (κ3) is 0.936. The van der Waals surface area contributed by atoms with Crippen LogP contribution in [0.4, 0.5) is 0 Å². The zero-order valence-corrected chi connectivity index (χ0v) is 7.38. The Morgan fingerprint density at radius 1 is 1.17 bits per heavy atom. The van der Waals surface area contributed by atoms with Gasteiger partial charge in [-0.15, -0.1) is 0 Å². The topological polar surface area (TPSA) is 34.1 Å². The predicted molar refractivity (Wildman–Crippen MR) is 44.6 cm³/mol. The summed E-state index contributed by atoms with van der Waals surface area (Å²) in [5, 5.41) is 0. The smallest absolute Gasteiger partial charge is 0.146 e. The Bertz CT molecular complexity index is 210. The van der Waals surface area contributed by atoms with E-state index >= 15 is 0 Å². The molecule has 0 aromatic carbocycles. The van der Waals surface area contributed by atoms with Gasteiger partial charge in [0, 0.05) is 11.8 Å². The van der Waals surface area contributed by atoms with E-state index in [1.165, 1.54) is 0 Å². The molecule has 0 heterocycles. The van der Waals surface area contributed by atoms with Crippen molar-refractivity contribution in [3.63, 3.8) is 0 Å². The summed E-state index contributed by atoms with van der Waals surface area (Å²) in [6.07, 6.45) is 3.50. The molecule has 0 amide bonds. The van der Waals surface area contributed by atoms with Crippen LogP contribution >= 0.6 is 0 Å². The zero-order valence-electron chi connectivity index (χ0n) is 7.38. The number of carbonyl (C=O) groups is 2. The van der Waals surface area contributed by atoms with Crippen molar-refractivity contribution in [3.8, 4) is 0 Å². The number of carbonyl (C=O) groups excluding carboxylic acids is 2. The fraction of sp³-hybridized carbons (Fsp3) is 0.800. The molecule has 0 aliphatic heterocycles. The molecule has 0 aromatic rings. The Labute approximate surface area is 72.3 Å². The van der Waals surface area contributed by atoms with Crippen LogP contribution in [-0.2, 0) is 9.59 Å². The summed E-state index contributed by atoms with van der Waals surface area (Å²) < 4.78 is 0. The third-order valence-electron chi connectivity index (χ3n) is 3.33. The van der Waals surface area contributed by atoms with Crippen LogP contribution in [0, 0.1) is 17.8 Å². The number of Topliss-reactive ketones (excluding diaryl/α,β-unsaturated/α-hetero) is 2. The van der Waals surface area contributed by atoms with Crippen molar-refractivity contribution in [1.82, 2.24) is 0 Å². The van der Waals surface area contributed by atoms with E-state index in [1.807, 2.05) is 6.92 Å². The molecule has 0 radical (unpaired) electrons. The van der Waals surface area contributed by atoms with Gasteiger partial charge in [0.25, 0.3) is 0 Å². The van der Waals surface area contributed by atoms with Crippen LogP contribution in [0.5, 0.6) is 0 Å². The summed E-state index contributed by atoms with van der Waals surface area (Å²) in [6, 6.07) is 0. The van der Waals surface area contributed by atoms with Gasteiger partial charge in [0.05, 0.1) is 5.92 Å². The fourth-order valence-corrected chi connectivity index (χ4v) is 2.61. The van der Waals surface area contributed by atoms with Crippen LogP contribution in [0.2, 0.25) is 0 Å². The summed E-state index contributed by atoms with van der Waals surface area (Å²) in [4.78, 5) is 23.2. The van der Waals surface area contributed by atoms with E-state index in [2.05, 4.69) is 0 Å². The Hall–Kier alpha value is -0.660. The molecule has 2 aliphatic carbocycles. The summed E-state index contributed by atoms with van der Waals surface area (Å²) in [5.41, 5.74) is 0. The Balaban J connectivity index is 2.26. The average Bonchev–Trinajstić information content (AvgIpc) is 2.48. The first-order valence-corrected chi connectivity index (χ1v) is 4.81. The van der Waals surface area contributed by atoms with Gasteiger partial charge in [-0.3, -0.25) is 9.59 Å². The van der Waals surface area contributed by atoms with Crippen molar-refractivity contribution < 1.29 is 9.59 Å².